The van der Waals surface area contributed by atoms with Gasteiger partial charge >= 0.3 is 0 Å². The van der Waals surface area contributed by atoms with Gasteiger partial charge in [0.15, 0.2) is 0 Å². The van der Waals surface area contributed by atoms with E-state index in [4.69, 9.17) is 0 Å². The van der Waals surface area contributed by atoms with Crippen molar-refractivity contribution in [3.8, 4) is 0 Å². The maximum absolute atomic E-state index is 3.46. The van der Waals surface area contributed by atoms with Gasteiger partial charge in [-0.3, -0.25) is 0 Å². The highest BCUT2D eigenvalue weighted by atomic mass is 14.8. The van der Waals surface area contributed by atoms with Crippen LogP contribution in [0.5, 0.6) is 0 Å². The SMILES string of the molecule is CC(C)=CCC/C(C)=C\CC/C(C)=C/CC/C=C(\C)CN/C=C(\C)CCC=C(C)C. The van der Waals surface area contributed by atoms with E-state index in [1.54, 1.807) is 0 Å². The molecule has 0 saturated heterocycles. The smallest absolute Gasteiger partial charge is 0.0352 e. The number of rotatable bonds is 15. The normalized spacial score (nSPS) is 13.3. The lowest BCUT2D eigenvalue weighted by molar-refractivity contribution is 0.876. The lowest BCUT2D eigenvalue weighted by Crippen LogP contribution is -2.09. The van der Waals surface area contributed by atoms with Crippen molar-refractivity contribution >= 4 is 0 Å². The first-order valence-electron chi connectivity index (χ1n) is 11.8. The van der Waals surface area contributed by atoms with E-state index in [0.717, 1.165) is 32.2 Å². The van der Waals surface area contributed by atoms with Gasteiger partial charge < -0.3 is 5.32 Å². The monoisotopic (exact) mass is 411 g/mol. The third-order valence-corrected chi connectivity index (χ3v) is 5.10. The van der Waals surface area contributed by atoms with Gasteiger partial charge in [0.05, 0.1) is 0 Å². The van der Waals surface area contributed by atoms with Gasteiger partial charge in [-0.15, -0.1) is 0 Å². The second-order valence-corrected chi connectivity index (χ2v) is 9.28. The molecule has 1 nitrogen and oxygen atoms in total. The van der Waals surface area contributed by atoms with Gasteiger partial charge in [-0.2, -0.15) is 0 Å². The van der Waals surface area contributed by atoms with Crippen molar-refractivity contribution in [1.29, 1.82) is 0 Å². The van der Waals surface area contributed by atoms with Crippen LogP contribution in [0.25, 0.3) is 0 Å². The zero-order chi connectivity index (χ0) is 22.8. The molecule has 0 heterocycles. The predicted molar refractivity (Wildman–Crippen MR) is 139 cm³/mol. The van der Waals surface area contributed by atoms with Crippen LogP contribution in [-0.4, -0.2) is 6.54 Å². The molecular formula is C29H49N. The molecule has 0 aliphatic heterocycles. The summed E-state index contributed by atoms with van der Waals surface area (Å²) >= 11 is 0. The third kappa shape index (κ3) is 19.6. The second-order valence-electron chi connectivity index (χ2n) is 9.28. The molecule has 0 aromatic carbocycles. The minimum atomic E-state index is 0.944. The third-order valence-electron chi connectivity index (χ3n) is 5.10. The Bertz CT molecular complexity index is 584. The predicted octanol–water partition coefficient (Wildman–Crippen LogP) is 9.37. The molecular weight excluding hydrogens is 362 g/mol. The fourth-order valence-electron chi connectivity index (χ4n) is 3.12. The molecule has 0 bridgehead atoms. The molecule has 0 atom stereocenters. The highest BCUT2D eigenvalue weighted by Gasteiger charge is 1.93. The number of hydrogen-bond acceptors (Lipinski definition) is 1. The van der Waals surface area contributed by atoms with Crippen LogP contribution in [0.15, 0.2) is 70.0 Å². The molecule has 0 rings (SSSR count). The summed E-state index contributed by atoms with van der Waals surface area (Å²) in [6.07, 6.45) is 23.3. The Balaban J connectivity index is 4.05. The Kier molecular flexibility index (Phi) is 17.0. The minimum Gasteiger partial charge on any atom is -0.387 e. The Morgan fingerprint density at radius 1 is 0.467 bits per heavy atom. The molecule has 0 amide bonds. The molecule has 0 aromatic heterocycles. The van der Waals surface area contributed by atoms with Gasteiger partial charge in [0.25, 0.3) is 0 Å². The Hall–Kier alpha value is -1.76. The van der Waals surface area contributed by atoms with Crippen molar-refractivity contribution in [2.24, 2.45) is 0 Å². The summed E-state index contributed by atoms with van der Waals surface area (Å²) in [5.41, 5.74) is 8.70. The summed E-state index contributed by atoms with van der Waals surface area (Å²) in [6, 6.07) is 0. The Labute approximate surface area is 188 Å². The fourth-order valence-corrected chi connectivity index (χ4v) is 3.12. The van der Waals surface area contributed by atoms with E-state index < -0.39 is 0 Å². The summed E-state index contributed by atoms with van der Waals surface area (Å²) in [5, 5.41) is 3.46. The van der Waals surface area contributed by atoms with Crippen LogP contribution in [0.2, 0.25) is 0 Å². The van der Waals surface area contributed by atoms with Crippen LogP contribution in [0.1, 0.15) is 107 Å². The van der Waals surface area contributed by atoms with Gasteiger partial charge in [-0.1, -0.05) is 63.8 Å². The number of hydrogen-bond donors (Lipinski definition) is 1. The molecule has 0 spiro atoms. The van der Waals surface area contributed by atoms with Crippen molar-refractivity contribution in [2.45, 2.75) is 107 Å². The topological polar surface area (TPSA) is 12.0 Å². The molecule has 0 radical (unpaired) electrons. The summed E-state index contributed by atoms with van der Waals surface area (Å²) < 4.78 is 0. The zero-order valence-corrected chi connectivity index (χ0v) is 21.3. The van der Waals surface area contributed by atoms with E-state index in [-0.39, 0.29) is 0 Å². The number of unbranched alkanes of at least 4 members (excludes halogenated alkanes) is 1. The van der Waals surface area contributed by atoms with E-state index >= 15 is 0 Å². The lowest BCUT2D eigenvalue weighted by Gasteiger charge is -2.04. The molecule has 1 heteroatoms. The van der Waals surface area contributed by atoms with Gasteiger partial charge in [0.1, 0.15) is 0 Å². The average Bonchev–Trinajstić information content (AvgIpc) is 2.64. The summed E-state index contributed by atoms with van der Waals surface area (Å²) in [6.45, 7) is 18.6. The summed E-state index contributed by atoms with van der Waals surface area (Å²) in [5.74, 6) is 0. The van der Waals surface area contributed by atoms with E-state index in [1.807, 2.05) is 0 Å². The first-order chi connectivity index (χ1) is 14.2. The van der Waals surface area contributed by atoms with Crippen LogP contribution in [0, 0.1) is 0 Å². The Morgan fingerprint density at radius 2 is 0.867 bits per heavy atom. The van der Waals surface area contributed by atoms with Gasteiger partial charge in [-0.25, -0.2) is 0 Å². The van der Waals surface area contributed by atoms with Crippen molar-refractivity contribution in [2.75, 3.05) is 6.54 Å². The maximum Gasteiger partial charge on any atom is 0.0352 e. The first kappa shape index (κ1) is 28.2. The van der Waals surface area contributed by atoms with Crippen molar-refractivity contribution in [1.82, 2.24) is 5.32 Å². The highest BCUT2D eigenvalue weighted by Crippen LogP contribution is 2.12. The average molecular weight is 412 g/mol. The van der Waals surface area contributed by atoms with Crippen molar-refractivity contribution < 1.29 is 0 Å². The first-order valence-corrected chi connectivity index (χ1v) is 11.8. The van der Waals surface area contributed by atoms with Crippen LogP contribution < -0.4 is 5.32 Å². The molecule has 0 unspecified atom stereocenters. The van der Waals surface area contributed by atoms with Crippen molar-refractivity contribution in [3.63, 3.8) is 0 Å². The van der Waals surface area contributed by atoms with E-state index in [1.165, 1.54) is 59.1 Å². The van der Waals surface area contributed by atoms with Gasteiger partial charge in [0, 0.05) is 6.54 Å². The molecule has 1 N–H and O–H groups in total. The highest BCUT2D eigenvalue weighted by molar-refractivity contribution is 5.08. The van der Waals surface area contributed by atoms with E-state index in [9.17, 15) is 0 Å². The van der Waals surface area contributed by atoms with Crippen LogP contribution in [-0.2, 0) is 0 Å². The molecule has 0 saturated carbocycles. The number of nitrogens with one attached hydrogen (secondary N) is 1. The van der Waals surface area contributed by atoms with E-state index in [0.29, 0.717) is 0 Å². The Morgan fingerprint density at radius 3 is 1.37 bits per heavy atom. The van der Waals surface area contributed by atoms with Crippen LogP contribution in [0.3, 0.4) is 0 Å². The van der Waals surface area contributed by atoms with Crippen molar-refractivity contribution in [3.05, 3.63) is 70.0 Å². The van der Waals surface area contributed by atoms with E-state index in [2.05, 4.69) is 97.3 Å². The fraction of sp³-hybridized carbons (Fsp3) is 0.586. The van der Waals surface area contributed by atoms with Gasteiger partial charge in [0.2, 0.25) is 0 Å². The van der Waals surface area contributed by atoms with Crippen LogP contribution >= 0.6 is 0 Å². The second kappa shape index (κ2) is 18.0. The maximum atomic E-state index is 3.46. The standard InChI is InChI=1S/C29H49N/c1-24(2)14-11-18-27(6)20-13-19-26(5)16-9-10-17-28(7)22-30-23-29(8)21-12-15-25(3)4/h14-17,20,23,30H,9-13,18-19,21-22H2,1-8H3/b26-16+,27-20-,28-17+,29-23+. The minimum absolute atomic E-state index is 0.944. The zero-order valence-electron chi connectivity index (χ0n) is 21.3. The molecule has 170 valence electrons. The molecule has 30 heavy (non-hydrogen) atoms. The molecule has 0 aromatic rings. The van der Waals surface area contributed by atoms with Gasteiger partial charge in [-0.05, 0) is 113 Å². The largest absolute Gasteiger partial charge is 0.387 e. The molecule has 0 fully saturated rings. The summed E-state index contributed by atoms with van der Waals surface area (Å²) in [4.78, 5) is 0. The van der Waals surface area contributed by atoms with Crippen LogP contribution in [0.4, 0.5) is 0 Å². The lowest BCUT2D eigenvalue weighted by atomic mass is 10.1. The quantitative estimate of drug-likeness (QED) is 0.209. The molecule has 0 aliphatic carbocycles. The summed E-state index contributed by atoms with van der Waals surface area (Å²) in [7, 11) is 0. The number of allylic oxidation sites excluding steroid dienone is 10. The molecule has 0 aliphatic rings.